The van der Waals surface area contributed by atoms with Crippen LogP contribution >= 0.6 is 23.1 Å². The van der Waals surface area contributed by atoms with Crippen LogP contribution in [-0.4, -0.2) is 16.1 Å². The van der Waals surface area contributed by atoms with Gasteiger partial charge in [0.25, 0.3) is 0 Å². The molecule has 0 radical (unpaired) electrons. The quantitative estimate of drug-likeness (QED) is 0.692. The molecule has 0 atom stereocenters. The predicted molar refractivity (Wildman–Crippen MR) is 107 cm³/mol. The van der Waals surface area contributed by atoms with E-state index in [1.54, 1.807) is 6.92 Å². The monoisotopic (exact) mass is 372 g/mol. The molecule has 25 heavy (non-hydrogen) atoms. The summed E-state index contributed by atoms with van der Waals surface area (Å²) in [7, 11) is 0. The zero-order valence-corrected chi connectivity index (χ0v) is 16.2. The van der Waals surface area contributed by atoms with Gasteiger partial charge in [0, 0.05) is 40.4 Å². The van der Waals surface area contributed by atoms with E-state index in [-0.39, 0.29) is 5.91 Å². The van der Waals surface area contributed by atoms with E-state index < -0.39 is 0 Å². The minimum Gasteiger partial charge on any atom is -0.326 e. The van der Waals surface area contributed by atoms with Crippen molar-refractivity contribution in [1.82, 2.24) is 4.98 Å². The van der Waals surface area contributed by atoms with Gasteiger partial charge >= 0.3 is 0 Å². The molecule has 4 rings (SSSR count). The van der Waals surface area contributed by atoms with Crippen LogP contribution in [0.2, 0.25) is 0 Å². The highest BCUT2D eigenvalue weighted by molar-refractivity contribution is 8.00. The molecule has 0 spiro atoms. The predicted octanol–water partition coefficient (Wildman–Crippen LogP) is 6.07. The van der Waals surface area contributed by atoms with Crippen molar-refractivity contribution in [2.24, 2.45) is 0 Å². The topological polar surface area (TPSA) is 42.0 Å². The maximum absolute atomic E-state index is 11.4. The number of rotatable bonds is 5. The summed E-state index contributed by atoms with van der Waals surface area (Å²) in [5.41, 5.74) is 2.15. The van der Waals surface area contributed by atoms with Gasteiger partial charge in [-0.15, -0.1) is 23.1 Å². The lowest BCUT2D eigenvalue weighted by molar-refractivity contribution is -0.114. The number of nitrogens with one attached hydrogen (secondary N) is 1. The summed E-state index contributed by atoms with van der Waals surface area (Å²) >= 11 is 3.81. The molecule has 2 aliphatic carbocycles. The summed E-state index contributed by atoms with van der Waals surface area (Å²) in [6, 6.07) is 6.28. The van der Waals surface area contributed by atoms with E-state index in [0.29, 0.717) is 5.92 Å². The second-order valence-electron chi connectivity index (χ2n) is 7.11. The Morgan fingerprint density at radius 2 is 2.00 bits per heavy atom. The summed E-state index contributed by atoms with van der Waals surface area (Å²) in [5.74, 6) is 0.637. The van der Waals surface area contributed by atoms with Crippen LogP contribution in [0.1, 0.15) is 62.8 Å². The molecule has 1 aromatic carbocycles. The number of aromatic nitrogens is 1. The van der Waals surface area contributed by atoms with Crippen LogP contribution in [0.3, 0.4) is 0 Å². The third kappa shape index (κ3) is 4.26. The van der Waals surface area contributed by atoms with Crippen molar-refractivity contribution in [3.8, 4) is 10.4 Å². The molecule has 1 heterocycles. The summed E-state index contributed by atoms with van der Waals surface area (Å²) < 4.78 is 0. The van der Waals surface area contributed by atoms with Crippen LogP contribution in [-0.2, 0) is 4.79 Å². The summed E-state index contributed by atoms with van der Waals surface area (Å²) in [5, 5.41) is 4.95. The van der Waals surface area contributed by atoms with Gasteiger partial charge < -0.3 is 5.32 Å². The fraction of sp³-hybridized carbons (Fsp3) is 0.500. The molecule has 1 amide bonds. The Hall–Kier alpha value is -1.33. The highest BCUT2D eigenvalue weighted by Gasteiger charge is 2.25. The molecule has 0 aliphatic heterocycles. The molecule has 2 fully saturated rings. The molecule has 0 unspecified atom stereocenters. The number of nitrogens with zero attached hydrogens (tertiary/aromatic N) is 1. The fourth-order valence-electron chi connectivity index (χ4n) is 3.42. The molecule has 2 aliphatic rings. The zero-order valence-electron chi connectivity index (χ0n) is 14.6. The second kappa shape index (κ2) is 7.50. The molecule has 0 bridgehead atoms. The Morgan fingerprint density at radius 1 is 1.20 bits per heavy atom. The Bertz CT molecular complexity index is 761. The van der Waals surface area contributed by atoms with Gasteiger partial charge in [-0.25, -0.2) is 4.98 Å². The van der Waals surface area contributed by atoms with Crippen LogP contribution in [0, 0.1) is 0 Å². The van der Waals surface area contributed by atoms with E-state index in [0.717, 1.165) is 10.9 Å². The molecular formula is C20H24N2OS2. The van der Waals surface area contributed by atoms with Crippen LogP contribution < -0.4 is 5.32 Å². The molecule has 1 N–H and O–H groups in total. The smallest absolute Gasteiger partial charge is 0.221 e. The number of carbonyl (C=O) groups excluding carboxylic acids is 1. The van der Waals surface area contributed by atoms with Gasteiger partial charge in [0.15, 0.2) is 0 Å². The highest BCUT2D eigenvalue weighted by atomic mass is 32.2. The Kier molecular flexibility index (Phi) is 5.13. The summed E-state index contributed by atoms with van der Waals surface area (Å²) in [4.78, 5) is 18.7. The lowest BCUT2D eigenvalue weighted by atomic mass is 9.90. The van der Waals surface area contributed by atoms with Gasteiger partial charge in [0.2, 0.25) is 5.91 Å². The first-order valence-corrected chi connectivity index (χ1v) is 10.9. The van der Waals surface area contributed by atoms with Crippen LogP contribution in [0.15, 0.2) is 29.3 Å². The molecule has 2 saturated carbocycles. The SMILES string of the molecule is CC(=O)Nc1ccc(-c2cnc(C3CCCCC3)s2)c(SC2CC2)c1. The van der Waals surface area contributed by atoms with Crippen molar-refractivity contribution in [3.05, 3.63) is 29.4 Å². The molecule has 5 heteroatoms. The normalized spacial score (nSPS) is 18.3. The first-order chi connectivity index (χ1) is 12.2. The third-order valence-electron chi connectivity index (χ3n) is 4.86. The van der Waals surface area contributed by atoms with Crippen LogP contribution in [0.25, 0.3) is 10.4 Å². The van der Waals surface area contributed by atoms with E-state index >= 15 is 0 Å². The Morgan fingerprint density at radius 3 is 2.72 bits per heavy atom. The minimum absolute atomic E-state index is 0.0208. The summed E-state index contributed by atoms with van der Waals surface area (Å²) in [6.07, 6.45) is 11.3. The lowest BCUT2D eigenvalue weighted by Gasteiger charge is -2.18. The van der Waals surface area contributed by atoms with Crippen LogP contribution in [0.4, 0.5) is 5.69 Å². The number of anilines is 1. The number of benzene rings is 1. The number of hydrogen-bond donors (Lipinski definition) is 1. The van der Waals surface area contributed by atoms with Gasteiger partial charge in [-0.3, -0.25) is 4.79 Å². The first-order valence-electron chi connectivity index (χ1n) is 9.23. The second-order valence-corrected chi connectivity index (χ2v) is 9.51. The van der Waals surface area contributed by atoms with E-state index in [4.69, 9.17) is 4.98 Å². The van der Waals surface area contributed by atoms with Crippen molar-refractivity contribution in [2.75, 3.05) is 5.32 Å². The number of carbonyl (C=O) groups is 1. The van der Waals surface area contributed by atoms with Crippen molar-refractivity contribution in [3.63, 3.8) is 0 Å². The van der Waals surface area contributed by atoms with E-state index in [1.165, 1.54) is 65.3 Å². The zero-order chi connectivity index (χ0) is 17.2. The standard InChI is InChI=1S/C20H24N2OS2/c1-13(23)22-15-7-10-17(18(11-15)24-16-8-9-16)19-12-21-20(25-19)14-5-3-2-4-6-14/h7,10-12,14,16H,2-6,8-9H2,1H3,(H,22,23). The number of amides is 1. The molecule has 0 saturated heterocycles. The van der Waals surface area contributed by atoms with Crippen molar-refractivity contribution in [2.45, 2.75) is 67.9 Å². The fourth-order valence-corrected chi connectivity index (χ4v) is 5.84. The maximum Gasteiger partial charge on any atom is 0.221 e. The van der Waals surface area contributed by atoms with Crippen molar-refractivity contribution < 1.29 is 4.79 Å². The van der Waals surface area contributed by atoms with Gasteiger partial charge in [-0.2, -0.15) is 0 Å². The van der Waals surface area contributed by atoms with Gasteiger partial charge in [-0.1, -0.05) is 25.3 Å². The Labute approximate surface area is 157 Å². The van der Waals surface area contributed by atoms with Gasteiger partial charge in [0.1, 0.15) is 0 Å². The molecular weight excluding hydrogens is 348 g/mol. The third-order valence-corrected chi connectivity index (χ3v) is 7.45. The van der Waals surface area contributed by atoms with Crippen molar-refractivity contribution in [1.29, 1.82) is 0 Å². The van der Waals surface area contributed by atoms with E-state index in [2.05, 4.69) is 23.6 Å². The van der Waals surface area contributed by atoms with Gasteiger partial charge in [-0.05, 0) is 37.8 Å². The maximum atomic E-state index is 11.4. The van der Waals surface area contributed by atoms with Gasteiger partial charge in [0.05, 0.1) is 9.88 Å². The molecule has 2 aromatic rings. The largest absolute Gasteiger partial charge is 0.326 e. The van der Waals surface area contributed by atoms with E-state index in [1.807, 2.05) is 29.2 Å². The van der Waals surface area contributed by atoms with Crippen LogP contribution in [0.5, 0.6) is 0 Å². The van der Waals surface area contributed by atoms with Crippen molar-refractivity contribution >= 4 is 34.7 Å². The molecule has 132 valence electrons. The minimum atomic E-state index is -0.0208. The highest BCUT2D eigenvalue weighted by Crippen LogP contribution is 2.46. The first kappa shape index (κ1) is 17.1. The Balaban J connectivity index is 1.61. The average molecular weight is 373 g/mol. The number of thioether (sulfide) groups is 1. The number of hydrogen-bond acceptors (Lipinski definition) is 4. The average Bonchev–Trinajstić information content (AvgIpc) is 3.28. The van der Waals surface area contributed by atoms with E-state index in [9.17, 15) is 4.79 Å². The molecule has 1 aromatic heterocycles. The lowest BCUT2D eigenvalue weighted by Crippen LogP contribution is -2.05. The number of thiazole rings is 1. The molecule has 3 nitrogen and oxygen atoms in total. The summed E-state index contributed by atoms with van der Waals surface area (Å²) in [6.45, 7) is 1.56.